The van der Waals surface area contributed by atoms with Crippen LogP contribution in [0.5, 0.6) is 0 Å². The van der Waals surface area contributed by atoms with Crippen molar-refractivity contribution >= 4 is 35.1 Å². The molecule has 1 amide bonds. The minimum absolute atomic E-state index is 0.0567. The third kappa shape index (κ3) is 5.10. The highest BCUT2D eigenvalue weighted by Gasteiger charge is 2.42. The topological polar surface area (TPSA) is 72.5 Å². The molecule has 0 radical (unpaired) electrons. The number of ether oxygens (including phenoxy) is 1. The van der Waals surface area contributed by atoms with E-state index in [1.807, 2.05) is 0 Å². The van der Waals surface area contributed by atoms with Crippen molar-refractivity contribution in [2.24, 2.45) is 17.8 Å². The van der Waals surface area contributed by atoms with Crippen molar-refractivity contribution in [1.29, 1.82) is 0 Å². The monoisotopic (exact) mass is 411 g/mol. The van der Waals surface area contributed by atoms with Gasteiger partial charge in [0.05, 0.1) is 5.92 Å². The van der Waals surface area contributed by atoms with Crippen LogP contribution in [0.15, 0.2) is 29.2 Å². The van der Waals surface area contributed by atoms with E-state index in [1.54, 1.807) is 0 Å². The van der Waals surface area contributed by atoms with Crippen molar-refractivity contribution in [3.05, 3.63) is 24.3 Å². The van der Waals surface area contributed by atoms with Gasteiger partial charge in [-0.1, -0.05) is 18.2 Å². The molecule has 1 aromatic carbocycles. The van der Waals surface area contributed by atoms with Crippen molar-refractivity contribution in [3.63, 3.8) is 0 Å². The Morgan fingerprint density at radius 2 is 1.75 bits per heavy atom. The summed E-state index contributed by atoms with van der Waals surface area (Å²) in [5, 5.41) is 2.61. The van der Waals surface area contributed by atoms with Crippen LogP contribution in [0, 0.1) is 17.8 Å². The molecule has 0 aliphatic heterocycles. The molecule has 4 atom stereocenters. The molecular formula is C20H23F2NO4S. The lowest BCUT2D eigenvalue weighted by molar-refractivity contribution is -0.161. The summed E-state index contributed by atoms with van der Waals surface area (Å²) in [4.78, 5) is 37.3. The van der Waals surface area contributed by atoms with Crippen molar-refractivity contribution in [3.8, 4) is 0 Å². The molecule has 2 saturated carbocycles. The van der Waals surface area contributed by atoms with Gasteiger partial charge in [0.2, 0.25) is 0 Å². The first-order valence-corrected chi connectivity index (χ1v) is 10.3. The first-order chi connectivity index (χ1) is 13.3. The number of carbonyl (C=O) groups is 3. The number of thioether (sulfide) groups is 1. The molecule has 1 aromatic rings. The van der Waals surface area contributed by atoms with Crippen LogP contribution in [0.1, 0.15) is 39.0 Å². The number of hydrogen-bond donors (Lipinski definition) is 1. The second-order valence-electron chi connectivity index (χ2n) is 7.37. The number of rotatable bonds is 6. The van der Waals surface area contributed by atoms with E-state index in [1.165, 1.54) is 31.2 Å². The molecule has 0 heterocycles. The highest BCUT2D eigenvalue weighted by Crippen LogP contribution is 2.40. The van der Waals surface area contributed by atoms with Gasteiger partial charge in [0.25, 0.3) is 11.7 Å². The molecule has 8 heteroatoms. The van der Waals surface area contributed by atoms with Crippen molar-refractivity contribution < 1.29 is 27.9 Å². The number of Topliss-reactive ketones (excluding diaryl/α,β-unsaturated/α-hetero) is 1. The highest BCUT2D eigenvalue weighted by molar-refractivity contribution is 7.99. The van der Waals surface area contributed by atoms with Gasteiger partial charge < -0.3 is 10.1 Å². The van der Waals surface area contributed by atoms with Crippen LogP contribution in [0.2, 0.25) is 0 Å². The quantitative estimate of drug-likeness (QED) is 0.559. The van der Waals surface area contributed by atoms with E-state index < -0.39 is 23.7 Å². The minimum Gasteiger partial charge on any atom is -0.452 e. The Hall–Kier alpha value is -1.96. The average molecular weight is 411 g/mol. The fraction of sp³-hybridized carbons (Fsp3) is 0.550. The van der Waals surface area contributed by atoms with E-state index in [-0.39, 0.29) is 23.5 Å². The molecular weight excluding hydrogens is 388 g/mol. The lowest BCUT2D eigenvalue weighted by Crippen LogP contribution is -2.41. The maximum absolute atomic E-state index is 12.5. The molecule has 5 nitrogen and oxygen atoms in total. The average Bonchev–Trinajstić information content (AvgIpc) is 2.62. The van der Waals surface area contributed by atoms with Gasteiger partial charge in [0.15, 0.2) is 6.10 Å². The number of amides is 1. The van der Waals surface area contributed by atoms with E-state index in [2.05, 4.69) is 5.32 Å². The van der Waals surface area contributed by atoms with Crippen molar-refractivity contribution in [2.45, 2.75) is 55.8 Å². The van der Waals surface area contributed by atoms with Crippen LogP contribution in [0.3, 0.4) is 0 Å². The zero-order valence-electron chi connectivity index (χ0n) is 15.5. The van der Waals surface area contributed by atoms with Crippen LogP contribution in [0.25, 0.3) is 0 Å². The van der Waals surface area contributed by atoms with Gasteiger partial charge in [0.1, 0.15) is 5.78 Å². The lowest BCUT2D eigenvalue weighted by Gasteiger charge is -2.36. The van der Waals surface area contributed by atoms with Gasteiger partial charge in [-0.15, -0.1) is 0 Å². The predicted octanol–water partition coefficient (Wildman–Crippen LogP) is 4.27. The maximum Gasteiger partial charge on any atom is 0.309 e. The SMILES string of the molecule is C[C@@H](OC(=O)C1C[C@H]2CCC[C@@H](C1)C2=O)C(=O)Nc1ccc(SC(F)F)cc1. The molecule has 28 heavy (non-hydrogen) atoms. The number of esters is 1. The Morgan fingerprint density at radius 3 is 2.32 bits per heavy atom. The number of ketones is 1. The fourth-order valence-electron chi connectivity index (χ4n) is 3.96. The minimum atomic E-state index is -2.51. The molecule has 3 rings (SSSR count). The number of halogens is 2. The number of carbonyl (C=O) groups excluding carboxylic acids is 3. The van der Waals surface area contributed by atoms with Gasteiger partial charge in [-0.3, -0.25) is 14.4 Å². The van der Waals surface area contributed by atoms with Crippen molar-refractivity contribution in [2.75, 3.05) is 5.32 Å². The Kier molecular flexibility index (Phi) is 6.69. The lowest BCUT2D eigenvalue weighted by atomic mass is 9.67. The summed E-state index contributed by atoms with van der Waals surface area (Å²) < 4.78 is 30.0. The number of nitrogens with one attached hydrogen (secondary N) is 1. The van der Waals surface area contributed by atoms with Crippen LogP contribution in [-0.4, -0.2) is 29.5 Å². The predicted molar refractivity (Wildman–Crippen MR) is 101 cm³/mol. The summed E-state index contributed by atoms with van der Waals surface area (Å²) in [7, 11) is 0. The Morgan fingerprint density at radius 1 is 1.14 bits per heavy atom. The van der Waals surface area contributed by atoms with Gasteiger partial charge in [-0.25, -0.2) is 0 Å². The first-order valence-electron chi connectivity index (χ1n) is 9.43. The van der Waals surface area contributed by atoms with E-state index in [9.17, 15) is 23.2 Å². The molecule has 2 aliphatic rings. The standard InChI is InChI=1S/C20H23F2NO4S/c1-11(18(25)23-15-5-7-16(8-6-15)28-20(21)22)27-19(26)14-9-12-3-2-4-13(10-14)17(12)24/h5-8,11-14,20H,2-4,9-10H2,1H3,(H,23,25)/t11-,12-,13+,14?/m1/s1. The van der Waals surface area contributed by atoms with Gasteiger partial charge in [-0.05, 0) is 56.9 Å². The highest BCUT2D eigenvalue weighted by atomic mass is 32.2. The molecule has 0 spiro atoms. The number of fused-ring (bicyclic) bond motifs is 2. The van der Waals surface area contributed by atoms with Crippen LogP contribution in [0.4, 0.5) is 14.5 Å². The maximum atomic E-state index is 12.5. The van der Waals surface area contributed by atoms with E-state index in [0.717, 1.165) is 19.3 Å². The van der Waals surface area contributed by atoms with E-state index in [4.69, 9.17) is 4.74 Å². The first kappa shape index (κ1) is 20.8. The Balaban J connectivity index is 1.51. The third-order valence-corrected chi connectivity index (χ3v) is 6.11. The summed E-state index contributed by atoms with van der Waals surface area (Å²) in [5.74, 6) is -3.61. The van der Waals surface area contributed by atoms with Crippen LogP contribution >= 0.6 is 11.8 Å². The Bertz CT molecular complexity index is 724. The zero-order chi connectivity index (χ0) is 20.3. The number of benzene rings is 1. The number of anilines is 1. The van der Waals surface area contributed by atoms with Gasteiger partial charge in [0, 0.05) is 22.4 Å². The largest absolute Gasteiger partial charge is 0.452 e. The molecule has 0 saturated heterocycles. The molecule has 0 aromatic heterocycles. The molecule has 2 bridgehead atoms. The summed E-state index contributed by atoms with van der Waals surface area (Å²) >= 11 is 0.424. The van der Waals surface area contributed by atoms with Gasteiger partial charge >= 0.3 is 5.97 Å². The van der Waals surface area contributed by atoms with Gasteiger partial charge in [-0.2, -0.15) is 8.78 Å². The van der Waals surface area contributed by atoms with Crippen LogP contribution in [-0.2, 0) is 19.1 Å². The second kappa shape index (κ2) is 9.03. The smallest absolute Gasteiger partial charge is 0.309 e. The Labute approximate surface area is 166 Å². The molecule has 1 N–H and O–H groups in total. The van der Waals surface area contributed by atoms with E-state index in [0.29, 0.717) is 35.2 Å². The molecule has 2 aliphatic carbocycles. The third-order valence-electron chi connectivity index (χ3n) is 5.39. The molecule has 1 unspecified atom stereocenters. The summed E-state index contributed by atoms with van der Waals surface area (Å²) in [6, 6.07) is 6.01. The second-order valence-corrected chi connectivity index (χ2v) is 8.43. The van der Waals surface area contributed by atoms with E-state index >= 15 is 0 Å². The molecule has 2 fully saturated rings. The van der Waals surface area contributed by atoms with Crippen molar-refractivity contribution in [1.82, 2.24) is 0 Å². The summed E-state index contributed by atoms with van der Waals surface area (Å²) in [5.41, 5.74) is 0.435. The fourth-order valence-corrected chi connectivity index (χ4v) is 4.46. The zero-order valence-corrected chi connectivity index (χ0v) is 16.3. The number of hydrogen-bond acceptors (Lipinski definition) is 5. The normalized spacial score (nSPS) is 25.3. The summed E-state index contributed by atoms with van der Waals surface area (Å²) in [6.07, 6.45) is 2.71. The molecule has 152 valence electrons. The van der Waals surface area contributed by atoms with Crippen LogP contribution < -0.4 is 5.32 Å². The summed E-state index contributed by atoms with van der Waals surface area (Å²) in [6.45, 7) is 1.49. The number of alkyl halides is 2.